The highest BCUT2D eigenvalue weighted by Crippen LogP contribution is 2.40. The van der Waals surface area contributed by atoms with Crippen LogP contribution in [-0.2, 0) is 6.54 Å². The Morgan fingerprint density at radius 1 is 1.03 bits per heavy atom. The highest BCUT2D eigenvalue weighted by molar-refractivity contribution is 6.31. The van der Waals surface area contributed by atoms with Gasteiger partial charge in [-0.25, -0.2) is 0 Å². The second-order valence-corrected chi connectivity index (χ2v) is 7.04. The third-order valence-corrected chi connectivity index (χ3v) is 5.22. The lowest BCUT2D eigenvalue weighted by Crippen LogP contribution is -2.15. The van der Waals surface area contributed by atoms with Gasteiger partial charge < -0.3 is 19.5 Å². The second kappa shape index (κ2) is 9.09. The molecule has 7 nitrogen and oxygen atoms in total. The number of amides is 1. The van der Waals surface area contributed by atoms with Crippen LogP contribution in [0.2, 0.25) is 5.02 Å². The van der Waals surface area contributed by atoms with Gasteiger partial charge in [-0.1, -0.05) is 29.8 Å². The van der Waals surface area contributed by atoms with Crippen LogP contribution < -0.4 is 19.5 Å². The third-order valence-electron chi connectivity index (χ3n) is 4.85. The minimum atomic E-state index is -0.337. The van der Waals surface area contributed by atoms with Gasteiger partial charge in [-0.05, 0) is 37.6 Å². The van der Waals surface area contributed by atoms with Crippen LogP contribution >= 0.6 is 11.6 Å². The van der Waals surface area contributed by atoms with E-state index in [2.05, 4.69) is 10.4 Å². The molecule has 30 heavy (non-hydrogen) atoms. The molecule has 0 saturated carbocycles. The van der Waals surface area contributed by atoms with Crippen molar-refractivity contribution in [3.8, 4) is 17.2 Å². The molecule has 1 aromatic heterocycles. The van der Waals surface area contributed by atoms with Crippen molar-refractivity contribution in [1.82, 2.24) is 9.78 Å². The summed E-state index contributed by atoms with van der Waals surface area (Å²) in [5.41, 5.74) is 3.44. The van der Waals surface area contributed by atoms with Crippen LogP contribution in [0.3, 0.4) is 0 Å². The quantitative estimate of drug-likeness (QED) is 0.599. The molecule has 158 valence electrons. The lowest BCUT2D eigenvalue weighted by Gasteiger charge is -2.15. The fraction of sp³-hybridized carbons (Fsp3) is 0.273. The van der Waals surface area contributed by atoms with Crippen molar-refractivity contribution >= 4 is 23.2 Å². The molecule has 1 N–H and O–H groups in total. The zero-order valence-corrected chi connectivity index (χ0v) is 18.3. The summed E-state index contributed by atoms with van der Waals surface area (Å²) >= 11 is 6.28. The first-order valence-corrected chi connectivity index (χ1v) is 9.66. The molecule has 0 saturated heterocycles. The van der Waals surface area contributed by atoms with Gasteiger partial charge in [-0.3, -0.25) is 9.48 Å². The Bertz CT molecular complexity index is 1080. The average Bonchev–Trinajstić information content (AvgIpc) is 3.01. The SMILES string of the molecule is COc1ccc(C(=O)Nc2c(C)nn(Cc3ccccc3Cl)c2C)c(OC)c1OC. The zero-order valence-electron chi connectivity index (χ0n) is 17.6. The van der Waals surface area contributed by atoms with Crippen LogP contribution in [0, 0.1) is 13.8 Å². The summed E-state index contributed by atoms with van der Waals surface area (Å²) in [4.78, 5) is 13.0. The van der Waals surface area contributed by atoms with Gasteiger partial charge in [0.25, 0.3) is 5.91 Å². The lowest BCUT2D eigenvalue weighted by atomic mass is 10.1. The highest BCUT2D eigenvalue weighted by atomic mass is 35.5. The molecule has 0 aliphatic rings. The molecule has 1 heterocycles. The van der Waals surface area contributed by atoms with E-state index in [-0.39, 0.29) is 5.91 Å². The van der Waals surface area contributed by atoms with Gasteiger partial charge in [0.15, 0.2) is 11.5 Å². The zero-order chi connectivity index (χ0) is 21.8. The smallest absolute Gasteiger partial charge is 0.259 e. The predicted molar refractivity (Wildman–Crippen MR) is 116 cm³/mol. The van der Waals surface area contributed by atoms with Crippen LogP contribution in [0.15, 0.2) is 36.4 Å². The number of anilines is 1. The van der Waals surface area contributed by atoms with Gasteiger partial charge in [-0.2, -0.15) is 5.10 Å². The first-order valence-electron chi connectivity index (χ1n) is 9.29. The van der Waals surface area contributed by atoms with E-state index in [9.17, 15) is 4.79 Å². The molecular weight excluding hydrogens is 406 g/mol. The summed E-state index contributed by atoms with van der Waals surface area (Å²) in [6.07, 6.45) is 0. The minimum Gasteiger partial charge on any atom is -0.493 e. The summed E-state index contributed by atoms with van der Waals surface area (Å²) in [6.45, 7) is 4.25. The normalized spacial score (nSPS) is 10.6. The first kappa shape index (κ1) is 21.5. The number of ether oxygens (including phenoxy) is 3. The van der Waals surface area contributed by atoms with E-state index in [0.29, 0.717) is 45.8 Å². The van der Waals surface area contributed by atoms with Gasteiger partial charge in [0.05, 0.1) is 50.5 Å². The summed E-state index contributed by atoms with van der Waals surface area (Å²) in [7, 11) is 4.50. The van der Waals surface area contributed by atoms with Crippen molar-refractivity contribution in [3.05, 3.63) is 63.9 Å². The molecule has 0 unspecified atom stereocenters. The molecule has 0 fully saturated rings. The van der Waals surface area contributed by atoms with E-state index in [1.54, 1.807) is 12.1 Å². The number of hydrogen-bond acceptors (Lipinski definition) is 5. The number of benzene rings is 2. The van der Waals surface area contributed by atoms with Gasteiger partial charge in [0.1, 0.15) is 0 Å². The van der Waals surface area contributed by atoms with Gasteiger partial charge in [0.2, 0.25) is 5.75 Å². The number of hydrogen-bond donors (Lipinski definition) is 1. The van der Waals surface area contributed by atoms with Gasteiger partial charge >= 0.3 is 0 Å². The Kier molecular flexibility index (Phi) is 6.52. The van der Waals surface area contributed by atoms with Crippen molar-refractivity contribution in [2.24, 2.45) is 0 Å². The van der Waals surface area contributed by atoms with E-state index >= 15 is 0 Å². The van der Waals surface area contributed by atoms with E-state index in [1.165, 1.54) is 21.3 Å². The Hall–Kier alpha value is -3.19. The fourth-order valence-electron chi connectivity index (χ4n) is 3.28. The Labute approximate surface area is 180 Å². The topological polar surface area (TPSA) is 74.6 Å². The van der Waals surface area contributed by atoms with Gasteiger partial charge in [-0.15, -0.1) is 0 Å². The maximum Gasteiger partial charge on any atom is 0.259 e. The third kappa shape index (κ3) is 4.07. The molecule has 0 aliphatic carbocycles. The standard InChI is InChI=1S/C22H24ClN3O4/c1-13-19(14(2)26(25-13)12-15-8-6-7-9-17(15)23)24-22(27)16-10-11-18(28-3)21(30-5)20(16)29-4/h6-11H,12H2,1-5H3,(H,24,27). The number of rotatable bonds is 7. The molecule has 0 radical (unpaired) electrons. The number of aryl methyl sites for hydroxylation is 1. The van der Waals surface area contributed by atoms with Crippen LogP contribution in [-0.4, -0.2) is 37.0 Å². The first-order chi connectivity index (χ1) is 14.4. The lowest BCUT2D eigenvalue weighted by molar-refractivity contribution is 0.102. The molecule has 0 spiro atoms. The predicted octanol–water partition coefficient (Wildman–Crippen LogP) is 4.48. The van der Waals surface area contributed by atoms with Gasteiger partial charge in [0, 0.05) is 5.02 Å². The molecular formula is C22H24ClN3O4. The number of halogens is 1. The van der Waals surface area contributed by atoms with Crippen LogP contribution in [0.1, 0.15) is 27.3 Å². The summed E-state index contributed by atoms with van der Waals surface area (Å²) in [6, 6.07) is 10.9. The Balaban J connectivity index is 1.91. The van der Waals surface area contributed by atoms with Crippen molar-refractivity contribution in [2.75, 3.05) is 26.6 Å². The number of carbonyl (C=O) groups excluding carboxylic acids is 1. The second-order valence-electron chi connectivity index (χ2n) is 6.63. The molecule has 0 bridgehead atoms. The number of nitrogens with one attached hydrogen (secondary N) is 1. The van der Waals surface area contributed by atoms with Crippen molar-refractivity contribution in [2.45, 2.75) is 20.4 Å². The van der Waals surface area contributed by atoms with Crippen molar-refractivity contribution in [1.29, 1.82) is 0 Å². The molecule has 0 atom stereocenters. The summed E-state index contributed by atoms with van der Waals surface area (Å²) < 4.78 is 17.9. The van der Waals surface area contributed by atoms with E-state index in [0.717, 1.165) is 11.3 Å². The highest BCUT2D eigenvalue weighted by Gasteiger charge is 2.23. The molecule has 3 aromatic rings. The van der Waals surface area contributed by atoms with Crippen LogP contribution in [0.4, 0.5) is 5.69 Å². The number of aromatic nitrogens is 2. The number of carbonyl (C=O) groups is 1. The Morgan fingerprint density at radius 3 is 2.37 bits per heavy atom. The molecule has 2 aromatic carbocycles. The van der Waals surface area contributed by atoms with Crippen LogP contribution in [0.5, 0.6) is 17.2 Å². The van der Waals surface area contributed by atoms with Crippen molar-refractivity contribution in [3.63, 3.8) is 0 Å². The minimum absolute atomic E-state index is 0.299. The maximum atomic E-state index is 13.0. The van der Waals surface area contributed by atoms with Crippen LogP contribution in [0.25, 0.3) is 0 Å². The van der Waals surface area contributed by atoms with E-state index < -0.39 is 0 Å². The maximum absolute atomic E-state index is 13.0. The van der Waals surface area contributed by atoms with Crippen molar-refractivity contribution < 1.29 is 19.0 Å². The molecule has 0 aliphatic heterocycles. The average molecular weight is 430 g/mol. The number of nitrogens with zero attached hydrogens (tertiary/aromatic N) is 2. The summed E-state index contributed by atoms with van der Waals surface area (Å²) in [5.74, 6) is 0.797. The van der Waals surface area contributed by atoms with E-state index in [4.69, 9.17) is 25.8 Å². The Morgan fingerprint density at radius 2 is 1.73 bits per heavy atom. The largest absolute Gasteiger partial charge is 0.493 e. The molecule has 8 heteroatoms. The van der Waals surface area contributed by atoms with E-state index in [1.807, 2.05) is 42.8 Å². The summed E-state index contributed by atoms with van der Waals surface area (Å²) in [5, 5.41) is 8.18. The monoisotopic (exact) mass is 429 g/mol. The molecule has 3 rings (SSSR count). The fourth-order valence-corrected chi connectivity index (χ4v) is 3.48. The molecule has 1 amide bonds. The number of methoxy groups -OCH3 is 3.